The Labute approximate surface area is 94.8 Å². The van der Waals surface area contributed by atoms with E-state index in [1.165, 1.54) is 0 Å². The zero-order chi connectivity index (χ0) is 11.3. The molecule has 4 heteroatoms. The fourth-order valence-corrected chi connectivity index (χ4v) is 1.59. The zero-order valence-corrected chi connectivity index (χ0v) is 9.50. The summed E-state index contributed by atoms with van der Waals surface area (Å²) in [6.07, 6.45) is 0.361. The lowest BCUT2D eigenvalue weighted by molar-refractivity contribution is -0.118. The number of carbonyl (C=O) groups is 1. The van der Waals surface area contributed by atoms with Crippen molar-refractivity contribution in [3.8, 4) is 0 Å². The quantitative estimate of drug-likeness (QED) is 0.854. The Morgan fingerprint density at radius 3 is 2.80 bits per heavy atom. The molecule has 15 heavy (non-hydrogen) atoms. The van der Waals surface area contributed by atoms with Crippen molar-refractivity contribution in [1.82, 2.24) is 0 Å². The third-order valence-electron chi connectivity index (χ3n) is 2.10. The van der Waals surface area contributed by atoms with Crippen LogP contribution in [0.25, 0.3) is 0 Å². The Bertz CT molecular complexity index is 341. The smallest absolute Gasteiger partial charge is 0.228 e. The van der Waals surface area contributed by atoms with Gasteiger partial charge in [0.2, 0.25) is 5.91 Å². The number of nitrogens with two attached hydrogens (primary N) is 1. The highest BCUT2D eigenvalue weighted by Gasteiger charge is 2.12. The van der Waals surface area contributed by atoms with E-state index in [0.717, 1.165) is 5.69 Å². The predicted molar refractivity (Wildman–Crippen MR) is 63.2 cm³/mol. The van der Waals surface area contributed by atoms with E-state index in [4.69, 9.17) is 17.3 Å². The highest BCUT2D eigenvalue weighted by atomic mass is 35.5. The number of hydrogen-bond donors (Lipinski definition) is 1. The molecule has 3 nitrogen and oxygen atoms in total. The van der Waals surface area contributed by atoms with Gasteiger partial charge >= 0.3 is 0 Å². The Hall–Kier alpha value is -1.06. The third kappa shape index (κ3) is 3.22. The Morgan fingerprint density at radius 2 is 2.27 bits per heavy atom. The van der Waals surface area contributed by atoms with Gasteiger partial charge in [0.15, 0.2) is 0 Å². The van der Waals surface area contributed by atoms with Crippen molar-refractivity contribution in [2.24, 2.45) is 5.73 Å². The summed E-state index contributed by atoms with van der Waals surface area (Å²) in [5.74, 6) is 0.0299. The number of rotatable bonds is 4. The molecule has 2 N–H and O–H groups in total. The summed E-state index contributed by atoms with van der Waals surface area (Å²) in [6, 6.07) is 7.26. The fraction of sp³-hybridized carbons (Fsp3) is 0.364. The molecule has 0 fully saturated rings. The molecule has 0 atom stereocenters. The number of hydrogen-bond acceptors (Lipinski definition) is 2. The third-order valence-corrected chi connectivity index (χ3v) is 2.33. The maximum atomic E-state index is 11.7. The first-order valence-electron chi connectivity index (χ1n) is 4.95. The van der Waals surface area contributed by atoms with Crippen molar-refractivity contribution < 1.29 is 4.79 Å². The van der Waals surface area contributed by atoms with E-state index < -0.39 is 0 Å². The first kappa shape index (κ1) is 12.0. The first-order chi connectivity index (χ1) is 7.19. The van der Waals surface area contributed by atoms with Gasteiger partial charge in [-0.25, -0.2) is 0 Å². The van der Waals surface area contributed by atoms with Crippen LogP contribution in [-0.2, 0) is 4.79 Å². The second-order valence-electron chi connectivity index (χ2n) is 3.16. The SMILES string of the molecule is CCN(C(=O)CCN)c1cccc(Cl)c1. The number of amides is 1. The maximum Gasteiger partial charge on any atom is 0.228 e. The van der Waals surface area contributed by atoms with Gasteiger partial charge in [-0.3, -0.25) is 4.79 Å². The molecule has 0 saturated carbocycles. The van der Waals surface area contributed by atoms with Gasteiger partial charge in [0, 0.05) is 30.2 Å². The lowest BCUT2D eigenvalue weighted by Gasteiger charge is -2.20. The van der Waals surface area contributed by atoms with Crippen LogP contribution < -0.4 is 10.6 Å². The number of carbonyl (C=O) groups excluding carboxylic acids is 1. The average molecular weight is 227 g/mol. The van der Waals surface area contributed by atoms with Crippen LogP contribution in [0.1, 0.15) is 13.3 Å². The van der Waals surface area contributed by atoms with E-state index in [9.17, 15) is 4.79 Å². The molecule has 0 radical (unpaired) electrons. The molecular formula is C11H15ClN2O. The normalized spacial score (nSPS) is 10.1. The minimum absolute atomic E-state index is 0.0299. The fourth-order valence-electron chi connectivity index (χ4n) is 1.41. The zero-order valence-electron chi connectivity index (χ0n) is 8.74. The predicted octanol–water partition coefficient (Wildman–Crippen LogP) is 2.04. The molecule has 0 aliphatic carbocycles. The number of benzene rings is 1. The van der Waals surface area contributed by atoms with Crippen molar-refractivity contribution >= 4 is 23.2 Å². The van der Waals surface area contributed by atoms with Crippen LogP contribution in [0.3, 0.4) is 0 Å². The van der Waals surface area contributed by atoms with Crippen LogP contribution in [0.15, 0.2) is 24.3 Å². The molecule has 0 unspecified atom stereocenters. The maximum absolute atomic E-state index is 11.7. The van der Waals surface area contributed by atoms with Crippen LogP contribution in [0.2, 0.25) is 5.02 Å². The Kier molecular flexibility index (Phi) is 4.59. The van der Waals surface area contributed by atoms with Gasteiger partial charge in [0.25, 0.3) is 0 Å². The van der Waals surface area contributed by atoms with Gasteiger partial charge in [-0.05, 0) is 25.1 Å². The molecule has 1 rings (SSSR count). The van der Waals surface area contributed by atoms with Gasteiger partial charge in [0.05, 0.1) is 0 Å². The van der Waals surface area contributed by atoms with Gasteiger partial charge < -0.3 is 10.6 Å². The molecule has 0 aromatic heterocycles. The lowest BCUT2D eigenvalue weighted by Crippen LogP contribution is -2.31. The summed E-state index contributed by atoms with van der Waals surface area (Å²) >= 11 is 5.86. The van der Waals surface area contributed by atoms with E-state index in [0.29, 0.717) is 24.5 Å². The van der Waals surface area contributed by atoms with Gasteiger partial charge in [0.1, 0.15) is 0 Å². The van der Waals surface area contributed by atoms with E-state index >= 15 is 0 Å². The summed E-state index contributed by atoms with van der Waals surface area (Å²) < 4.78 is 0. The first-order valence-corrected chi connectivity index (χ1v) is 5.32. The van der Waals surface area contributed by atoms with E-state index in [-0.39, 0.29) is 5.91 Å². The second kappa shape index (κ2) is 5.73. The molecule has 0 spiro atoms. The molecule has 1 aromatic rings. The van der Waals surface area contributed by atoms with Gasteiger partial charge in [-0.2, -0.15) is 0 Å². The Morgan fingerprint density at radius 1 is 1.53 bits per heavy atom. The molecule has 0 saturated heterocycles. The topological polar surface area (TPSA) is 46.3 Å². The van der Waals surface area contributed by atoms with E-state index in [1.54, 1.807) is 17.0 Å². The minimum atomic E-state index is 0.0299. The van der Waals surface area contributed by atoms with Gasteiger partial charge in [-0.15, -0.1) is 0 Å². The monoisotopic (exact) mass is 226 g/mol. The summed E-state index contributed by atoms with van der Waals surface area (Å²) in [6.45, 7) is 2.92. The van der Waals surface area contributed by atoms with E-state index in [1.807, 2.05) is 19.1 Å². The average Bonchev–Trinajstić information content (AvgIpc) is 2.19. The van der Waals surface area contributed by atoms with Crippen LogP contribution >= 0.6 is 11.6 Å². The number of nitrogens with zero attached hydrogens (tertiary/aromatic N) is 1. The molecule has 1 amide bonds. The molecule has 1 aromatic carbocycles. The second-order valence-corrected chi connectivity index (χ2v) is 3.59. The largest absolute Gasteiger partial charge is 0.330 e. The molecule has 82 valence electrons. The number of anilines is 1. The minimum Gasteiger partial charge on any atom is -0.330 e. The van der Waals surface area contributed by atoms with Crippen molar-refractivity contribution in [3.05, 3.63) is 29.3 Å². The number of halogens is 1. The standard InChI is InChI=1S/C11H15ClN2O/c1-2-14(11(15)6-7-13)10-5-3-4-9(12)8-10/h3-5,8H,2,6-7,13H2,1H3. The van der Waals surface area contributed by atoms with Crippen LogP contribution in [0, 0.1) is 0 Å². The van der Waals surface area contributed by atoms with Crippen LogP contribution in [0.5, 0.6) is 0 Å². The van der Waals surface area contributed by atoms with Crippen molar-refractivity contribution in [2.45, 2.75) is 13.3 Å². The van der Waals surface area contributed by atoms with Gasteiger partial charge in [-0.1, -0.05) is 17.7 Å². The molecular weight excluding hydrogens is 212 g/mol. The molecule has 0 aliphatic heterocycles. The van der Waals surface area contributed by atoms with Crippen molar-refractivity contribution in [1.29, 1.82) is 0 Å². The van der Waals surface area contributed by atoms with Crippen molar-refractivity contribution in [3.63, 3.8) is 0 Å². The highest BCUT2D eigenvalue weighted by Crippen LogP contribution is 2.19. The Balaban J connectivity index is 2.87. The summed E-state index contributed by atoms with van der Waals surface area (Å²) in [5, 5.41) is 0.631. The molecule has 0 aliphatic rings. The highest BCUT2D eigenvalue weighted by molar-refractivity contribution is 6.30. The van der Waals surface area contributed by atoms with Crippen LogP contribution in [-0.4, -0.2) is 19.0 Å². The van der Waals surface area contributed by atoms with Crippen LogP contribution in [0.4, 0.5) is 5.69 Å². The molecule has 0 heterocycles. The lowest BCUT2D eigenvalue weighted by atomic mass is 10.2. The van der Waals surface area contributed by atoms with E-state index in [2.05, 4.69) is 0 Å². The summed E-state index contributed by atoms with van der Waals surface area (Å²) in [4.78, 5) is 13.4. The summed E-state index contributed by atoms with van der Waals surface area (Å²) in [7, 11) is 0. The summed E-state index contributed by atoms with van der Waals surface area (Å²) in [5.41, 5.74) is 6.18. The molecule has 0 bridgehead atoms. The van der Waals surface area contributed by atoms with Crippen molar-refractivity contribution in [2.75, 3.05) is 18.0 Å².